The molecule has 0 aliphatic heterocycles. The maximum atomic E-state index is 12.1. The molecule has 40 heavy (non-hydrogen) atoms. The Morgan fingerprint density at radius 1 is 0.425 bits per heavy atom. The van der Waals surface area contributed by atoms with Gasteiger partial charge in [0.1, 0.15) is 0 Å². The van der Waals surface area contributed by atoms with Crippen molar-refractivity contribution in [2.75, 3.05) is 32.8 Å². The summed E-state index contributed by atoms with van der Waals surface area (Å²) < 4.78 is 22.6. The lowest BCUT2D eigenvalue weighted by Gasteiger charge is -2.22. The first-order chi connectivity index (χ1) is 19.6. The highest BCUT2D eigenvalue weighted by Crippen LogP contribution is 2.43. The molecule has 5 nitrogen and oxygen atoms in total. The van der Waals surface area contributed by atoms with Crippen LogP contribution in [0.15, 0.2) is 0 Å². The number of phosphoric ester groups is 1. The Hall–Kier alpha value is 0.0700. The van der Waals surface area contributed by atoms with Crippen LogP contribution in [0.5, 0.6) is 0 Å². The van der Waals surface area contributed by atoms with Gasteiger partial charge in [0.2, 0.25) is 0 Å². The van der Waals surface area contributed by atoms with Crippen molar-refractivity contribution in [3.8, 4) is 0 Å². The standard InChI is InChI=1S/C34H72NO4P/c1-4-7-10-13-16-18-20-22-25-30-35(31-26-23-21-19-17-14-11-8-5-2)32-27-29-34-39-40(36,37)38-33-28-24-15-12-9-6-3/h4-34H2,1-3H3,(H,36,37). The SMILES string of the molecule is CCCCCCCCCCCN(CCCCCCCCCCC)CCCCOP(=O)(O)OCCCCCCCC. The van der Waals surface area contributed by atoms with E-state index in [1.165, 1.54) is 154 Å². The van der Waals surface area contributed by atoms with E-state index in [1.54, 1.807) is 0 Å². The van der Waals surface area contributed by atoms with Crippen LogP contribution in [0, 0.1) is 0 Å². The van der Waals surface area contributed by atoms with E-state index in [2.05, 4.69) is 25.7 Å². The normalized spacial score (nSPS) is 13.3. The molecule has 1 unspecified atom stereocenters. The Balaban J connectivity index is 4.09. The van der Waals surface area contributed by atoms with Crippen molar-refractivity contribution in [2.24, 2.45) is 0 Å². The van der Waals surface area contributed by atoms with Crippen molar-refractivity contribution in [1.29, 1.82) is 0 Å². The van der Waals surface area contributed by atoms with E-state index in [-0.39, 0.29) is 0 Å². The van der Waals surface area contributed by atoms with Crippen molar-refractivity contribution >= 4 is 7.82 Å². The summed E-state index contributed by atoms with van der Waals surface area (Å²) in [6.07, 6.45) is 33.2. The number of phosphoric acid groups is 1. The van der Waals surface area contributed by atoms with E-state index in [0.717, 1.165) is 32.2 Å². The molecule has 1 N–H and O–H groups in total. The van der Waals surface area contributed by atoms with Gasteiger partial charge in [-0.05, 0) is 51.7 Å². The van der Waals surface area contributed by atoms with E-state index < -0.39 is 7.82 Å². The minimum Gasteiger partial charge on any atom is -0.303 e. The van der Waals surface area contributed by atoms with Gasteiger partial charge in [-0.25, -0.2) is 4.57 Å². The number of hydrogen-bond donors (Lipinski definition) is 1. The third kappa shape index (κ3) is 31.0. The largest absolute Gasteiger partial charge is 0.472 e. The first kappa shape index (κ1) is 40.1. The molecule has 0 saturated heterocycles. The van der Waals surface area contributed by atoms with Crippen LogP contribution in [0.2, 0.25) is 0 Å². The zero-order valence-electron chi connectivity index (χ0n) is 27.5. The summed E-state index contributed by atoms with van der Waals surface area (Å²) in [7, 11) is -3.91. The van der Waals surface area contributed by atoms with Gasteiger partial charge in [-0.1, -0.05) is 156 Å². The summed E-state index contributed by atoms with van der Waals surface area (Å²) in [5, 5.41) is 0. The topological polar surface area (TPSA) is 59.0 Å². The Kier molecular flexibility index (Phi) is 32.0. The van der Waals surface area contributed by atoms with Gasteiger partial charge in [-0.15, -0.1) is 0 Å². The summed E-state index contributed by atoms with van der Waals surface area (Å²) in [5.74, 6) is 0. The summed E-state index contributed by atoms with van der Waals surface area (Å²) in [6.45, 7) is 10.8. The van der Waals surface area contributed by atoms with Crippen molar-refractivity contribution < 1.29 is 18.5 Å². The minimum atomic E-state index is -3.91. The second-order valence-electron chi connectivity index (χ2n) is 12.1. The van der Waals surface area contributed by atoms with E-state index in [9.17, 15) is 9.46 Å². The van der Waals surface area contributed by atoms with Gasteiger partial charge < -0.3 is 9.79 Å². The van der Waals surface area contributed by atoms with Gasteiger partial charge in [-0.3, -0.25) is 9.05 Å². The van der Waals surface area contributed by atoms with E-state index in [4.69, 9.17) is 9.05 Å². The highest BCUT2D eigenvalue weighted by Gasteiger charge is 2.20. The maximum Gasteiger partial charge on any atom is 0.472 e. The van der Waals surface area contributed by atoms with E-state index in [0.29, 0.717) is 13.2 Å². The second-order valence-corrected chi connectivity index (χ2v) is 13.6. The molecular formula is C34H72NO4P. The molecule has 0 amide bonds. The molecule has 0 aliphatic rings. The molecule has 0 aromatic rings. The Bertz CT molecular complexity index is 512. The molecule has 0 aromatic heterocycles. The van der Waals surface area contributed by atoms with E-state index >= 15 is 0 Å². The zero-order chi connectivity index (χ0) is 29.4. The fraction of sp³-hybridized carbons (Fsp3) is 1.00. The van der Waals surface area contributed by atoms with Crippen molar-refractivity contribution in [3.63, 3.8) is 0 Å². The predicted octanol–water partition coefficient (Wildman–Crippen LogP) is 11.6. The van der Waals surface area contributed by atoms with Gasteiger partial charge >= 0.3 is 7.82 Å². The molecule has 6 heteroatoms. The van der Waals surface area contributed by atoms with Gasteiger partial charge in [0, 0.05) is 0 Å². The van der Waals surface area contributed by atoms with Crippen molar-refractivity contribution in [1.82, 2.24) is 4.90 Å². The Labute approximate surface area is 251 Å². The lowest BCUT2D eigenvalue weighted by atomic mass is 10.1. The van der Waals surface area contributed by atoms with Gasteiger partial charge in [0.15, 0.2) is 0 Å². The second kappa shape index (κ2) is 32.0. The predicted molar refractivity (Wildman–Crippen MR) is 175 cm³/mol. The molecule has 0 aliphatic carbocycles. The maximum absolute atomic E-state index is 12.1. The van der Waals surface area contributed by atoms with Crippen LogP contribution >= 0.6 is 7.82 Å². The van der Waals surface area contributed by atoms with Gasteiger partial charge in [0.05, 0.1) is 13.2 Å². The number of hydrogen-bond acceptors (Lipinski definition) is 4. The van der Waals surface area contributed by atoms with Crippen LogP contribution in [-0.2, 0) is 13.6 Å². The summed E-state index contributed by atoms with van der Waals surface area (Å²) in [4.78, 5) is 12.6. The number of nitrogens with zero attached hydrogens (tertiary/aromatic N) is 1. The third-order valence-corrected chi connectivity index (χ3v) is 9.05. The molecule has 0 bridgehead atoms. The molecule has 0 heterocycles. The van der Waals surface area contributed by atoms with Crippen LogP contribution in [-0.4, -0.2) is 42.6 Å². The molecule has 0 spiro atoms. The quantitative estimate of drug-likeness (QED) is 0.0597. The molecule has 1 atom stereocenters. The molecule has 242 valence electrons. The minimum absolute atomic E-state index is 0.300. The fourth-order valence-electron chi connectivity index (χ4n) is 5.34. The molecule has 0 fully saturated rings. The van der Waals surface area contributed by atoms with Gasteiger partial charge in [0.25, 0.3) is 0 Å². The molecule has 0 rings (SSSR count). The first-order valence-electron chi connectivity index (χ1n) is 17.9. The average molecular weight is 590 g/mol. The van der Waals surface area contributed by atoms with Gasteiger partial charge in [-0.2, -0.15) is 0 Å². The van der Waals surface area contributed by atoms with Crippen molar-refractivity contribution in [2.45, 2.75) is 188 Å². The van der Waals surface area contributed by atoms with Crippen LogP contribution in [0.4, 0.5) is 0 Å². The highest BCUT2D eigenvalue weighted by atomic mass is 31.2. The monoisotopic (exact) mass is 590 g/mol. The number of rotatable bonds is 34. The summed E-state index contributed by atoms with van der Waals surface area (Å²) in [6, 6.07) is 0. The average Bonchev–Trinajstić information content (AvgIpc) is 2.94. The number of unbranched alkanes of at least 4 members (excludes halogenated alkanes) is 22. The van der Waals surface area contributed by atoms with Crippen molar-refractivity contribution in [3.05, 3.63) is 0 Å². The summed E-state index contributed by atoms with van der Waals surface area (Å²) >= 11 is 0. The molecule has 0 saturated carbocycles. The summed E-state index contributed by atoms with van der Waals surface area (Å²) in [5.41, 5.74) is 0. The van der Waals surface area contributed by atoms with Crippen LogP contribution in [0.25, 0.3) is 0 Å². The van der Waals surface area contributed by atoms with Crippen LogP contribution in [0.1, 0.15) is 188 Å². The Morgan fingerprint density at radius 2 is 0.675 bits per heavy atom. The zero-order valence-corrected chi connectivity index (χ0v) is 28.4. The Morgan fingerprint density at radius 3 is 1.02 bits per heavy atom. The molecular weight excluding hydrogens is 517 g/mol. The lowest BCUT2D eigenvalue weighted by Crippen LogP contribution is -2.27. The van der Waals surface area contributed by atoms with Crippen LogP contribution < -0.4 is 0 Å². The molecule has 0 aromatic carbocycles. The van der Waals surface area contributed by atoms with E-state index in [1.807, 2.05) is 0 Å². The molecule has 0 radical (unpaired) electrons. The third-order valence-electron chi connectivity index (χ3n) is 8.03. The lowest BCUT2D eigenvalue weighted by molar-refractivity contribution is 0.143. The smallest absolute Gasteiger partial charge is 0.303 e. The first-order valence-corrected chi connectivity index (χ1v) is 19.4. The van der Waals surface area contributed by atoms with Crippen LogP contribution in [0.3, 0.4) is 0 Å². The highest BCUT2D eigenvalue weighted by molar-refractivity contribution is 7.47. The fourth-order valence-corrected chi connectivity index (χ4v) is 6.14.